The predicted molar refractivity (Wildman–Crippen MR) is 127 cm³/mol. The lowest BCUT2D eigenvalue weighted by molar-refractivity contribution is 0.415. The smallest absolute Gasteiger partial charge is 0.258 e. The standard InChI is InChI=1S/C22H16ClN5O2S2/c1-30-18-8-2-14(3-9-18)20-25-26-22(28(20)17-6-4-15(23)5-7-17)32-13-16-12-19(29)27-10-11-31-21(27)24-16/h2-12H,13H2,1H3. The summed E-state index contributed by atoms with van der Waals surface area (Å²) in [5, 5.41) is 12.1. The monoisotopic (exact) mass is 481 g/mol. The second-order valence-corrected chi connectivity index (χ2v) is 9.03. The summed E-state index contributed by atoms with van der Waals surface area (Å²) < 4.78 is 8.78. The van der Waals surface area contributed by atoms with E-state index in [4.69, 9.17) is 16.3 Å². The normalized spacial score (nSPS) is 11.2. The van der Waals surface area contributed by atoms with Crippen molar-refractivity contribution in [1.82, 2.24) is 24.1 Å². The number of nitrogens with zero attached hydrogens (tertiary/aromatic N) is 5. The number of thioether (sulfide) groups is 1. The molecule has 0 saturated heterocycles. The van der Waals surface area contributed by atoms with Gasteiger partial charge in [-0.15, -0.1) is 21.5 Å². The maximum Gasteiger partial charge on any atom is 0.258 e. The topological polar surface area (TPSA) is 74.3 Å². The van der Waals surface area contributed by atoms with Gasteiger partial charge in [-0.2, -0.15) is 0 Å². The summed E-state index contributed by atoms with van der Waals surface area (Å²) >= 11 is 9.00. The molecule has 0 fully saturated rings. The quantitative estimate of drug-likeness (QED) is 0.319. The first-order valence-electron chi connectivity index (χ1n) is 9.57. The molecule has 3 aromatic heterocycles. The van der Waals surface area contributed by atoms with Gasteiger partial charge in [0.15, 0.2) is 15.9 Å². The molecule has 0 saturated carbocycles. The number of benzene rings is 2. The Bertz CT molecular complexity index is 1440. The van der Waals surface area contributed by atoms with Crippen LogP contribution in [0.4, 0.5) is 0 Å². The molecule has 5 aromatic rings. The second-order valence-electron chi connectivity index (χ2n) is 6.78. The molecule has 7 nitrogen and oxygen atoms in total. The fourth-order valence-electron chi connectivity index (χ4n) is 3.21. The molecule has 0 unspecified atom stereocenters. The molecule has 0 spiro atoms. The number of aromatic nitrogens is 5. The van der Waals surface area contributed by atoms with Gasteiger partial charge >= 0.3 is 0 Å². The van der Waals surface area contributed by atoms with Crippen molar-refractivity contribution in [3.05, 3.63) is 87.2 Å². The third-order valence-electron chi connectivity index (χ3n) is 4.77. The summed E-state index contributed by atoms with van der Waals surface area (Å²) in [5.41, 5.74) is 2.38. The van der Waals surface area contributed by atoms with E-state index in [1.807, 2.05) is 58.5 Å². The Balaban J connectivity index is 1.52. The number of fused-ring (bicyclic) bond motifs is 1. The maximum atomic E-state index is 12.3. The van der Waals surface area contributed by atoms with E-state index >= 15 is 0 Å². The minimum Gasteiger partial charge on any atom is -0.497 e. The van der Waals surface area contributed by atoms with Crippen LogP contribution in [0, 0.1) is 0 Å². The lowest BCUT2D eigenvalue weighted by Gasteiger charge is -2.11. The zero-order chi connectivity index (χ0) is 22.1. The highest BCUT2D eigenvalue weighted by Gasteiger charge is 2.17. The Kier molecular flexibility index (Phi) is 5.69. The van der Waals surface area contributed by atoms with Crippen molar-refractivity contribution in [2.24, 2.45) is 0 Å². The van der Waals surface area contributed by atoms with Crippen molar-refractivity contribution < 1.29 is 4.74 Å². The summed E-state index contributed by atoms with van der Waals surface area (Å²) in [6.07, 6.45) is 1.73. The van der Waals surface area contributed by atoms with Crippen LogP contribution in [-0.4, -0.2) is 31.3 Å². The van der Waals surface area contributed by atoms with Crippen molar-refractivity contribution in [1.29, 1.82) is 0 Å². The number of methoxy groups -OCH3 is 1. The van der Waals surface area contributed by atoms with Gasteiger partial charge in [0.2, 0.25) is 0 Å². The van der Waals surface area contributed by atoms with Gasteiger partial charge in [0.05, 0.1) is 12.8 Å². The molecular weight excluding hydrogens is 466 g/mol. The first-order valence-corrected chi connectivity index (χ1v) is 11.8. The van der Waals surface area contributed by atoms with Crippen molar-refractivity contribution in [3.8, 4) is 22.8 Å². The van der Waals surface area contributed by atoms with Crippen LogP contribution >= 0.6 is 34.7 Å². The van der Waals surface area contributed by atoms with Crippen LogP contribution in [0.1, 0.15) is 5.69 Å². The van der Waals surface area contributed by atoms with E-state index in [-0.39, 0.29) is 5.56 Å². The molecule has 0 aliphatic carbocycles. The van der Waals surface area contributed by atoms with Gasteiger partial charge in [-0.1, -0.05) is 23.4 Å². The van der Waals surface area contributed by atoms with E-state index < -0.39 is 0 Å². The summed E-state index contributed by atoms with van der Waals surface area (Å²) in [5.74, 6) is 1.94. The average molecular weight is 482 g/mol. The molecule has 10 heteroatoms. The molecule has 0 aliphatic heterocycles. The second kappa shape index (κ2) is 8.78. The highest BCUT2D eigenvalue weighted by Crippen LogP contribution is 2.30. The van der Waals surface area contributed by atoms with Crippen LogP contribution in [0.3, 0.4) is 0 Å². The molecule has 0 radical (unpaired) electrons. The third-order valence-corrected chi connectivity index (χ3v) is 6.74. The fraction of sp³-hybridized carbons (Fsp3) is 0.0909. The number of ether oxygens (including phenoxy) is 1. The van der Waals surface area contributed by atoms with E-state index in [2.05, 4.69) is 15.2 Å². The Labute approximate surface area is 196 Å². The molecule has 32 heavy (non-hydrogen) atoms. The minimum absolute atomic E-state index is 0.0926. The third kappa shape index (κ3) is 4.02. The number of rotatable bonds is 6. The molecular formula is C22H16ClN5O2S2. The summed E-state index contributed by atoms with van der Waals surface area (Å²) in [6.45, 7) is 0. The van der Waals surface area contributed by atoms with Gasteiger partial charge in [0, 0.05) is 39.7 Å². The number of thiazole rings is 1. The van der Waals surface area contributed by atoms with Gasteiger partial charge in [0.1, 0.15) is 5.75 Å². The molecule has 2 aromatic carbocycles. The number of halogens is 1. The average Bonchev–Trinajstić information content (AvgIpc) is 3.46. The van der Waals surface area contributed by atoms with Gasteiger partial charge in [-0.3, -0.25) is 13.8 Å². The number of hydrogen-bond donors (Lipinski definition) is 0. The van der Waals surface area contributed by atoms with E-state index in [0.717, 1.165) is 17.0 Å². The summed E-state index contributed by atoms with van der Waals surface area (Å²) in [7, 11) is 1.63. The Morgan fingerprint density at radius 1 is 1.09 bits per heavy atom. The SMILES string of the molecule is COc1ccc(-c2nnc(SCc3cc(=O)n4ccsc4n3)n2-c2ccc(Cl)cc2)cc1. The molecule has 0 N–H and O–H groups in total. The van der Waals surface area contributed by atoms with Gasteiger partial charge in [0.25, 0.3) is 5.56 Å². The van der Waals surface area contributed by atoms with Crippen molar-refractivity contribution in [3.63, 3.8) is 0 Å². The fourth-order valence-corrected chi connectivity index (χ4v) is 4.92. The van der Waals surface area contributed by atoms with Crippen LogP contribution in [-0.2, 0) is 5.75 Å². The van der Waals surface area contributed by atoms with Crippen molar-refractivity contribution in [2.45, 2.75) is 10.9 Å². The van der Waals surface area contributed by atoms with Crippen LogP contribution in [0.5, 0.6) is 5.75 Å². The first-order chi connectivity index (χ1) is 15.6. The zero-order valence-corrected chi connectivity index (χ0v) is 19.2. The van der Waals surface area contributed by atoms with E-state index in [9.17, 15) is 4.79 Å². The van der Waals surface area contributed by atoms with Crippen LogP contribution < -0.4 is 10.3 Å². The van der Waals surface area contributed by atoms with E-state index in [1.54, 1.807) is 19.4 Å². The lowest BCUT2D eigenvalue weighted by Crippen LogP contribution is -2.12. The first kappa shape index (κ1) is 20.7. The van der Waals surface area contributed by atoms with Crippen molar-refractivity contribution >= 4 is 39.7 Å². The largest absolute Gasteiger partial charge is 0.497 e. The Morgan fingerprint density at radius 2 is 1.88 bits per heavy atom. The predicted octanol–water partition coefficient (Wildman–Crippen LogP) is 4.96. The lowest BCUT2D eigenvalue weighted by atomic mass is 10.2. The summed E-state index contributed by atoms with van der Waals surface area (Å²) in [4.78, 5) is 17.6. The minimum atomic E-state index is -0.0926. The van der Waals surface area contributed by atoms with Gasteiger partial charge in [-0.05, 0) is 48.5 Å². The zero-order valence-electron chi connectivity index (χ0n) is 16.8. The molecule has 160 valence electrons. The summed E-state index contributed by atoms with van der Waals surface area (Å²) in [6, 6.07) is 16.7. The van der Waals surface area contributed by atoms with Crippen LogP contribution in [0.15, 0.2) is 76.1 Å². The molecule has 0 bridgehead atoms. The number of hydrogen-bond acceptors (Lipinski definition) is 7. The maximum absolute atomic E-state index is 12.3. The van der Waals surface area contributed by atoms with Gasteiger partial charge in [-0.25, -0.2) is 4.98 Å². The van der Waals surface area contributed by atoms with Gasteiger partial charge < -0.3 is 4.74 Å². The Hall–Kier alpha value is -3.14. The van der Waals surface area contributed by atoms with Crippen LogP contribution in [0.25, 0.3) is 22.0 Å². The molecule has 0 aliphatic rings. The molecule has 3 heterocycles. The van der Waals surface area contributed by atoms with Crippen molar-refractivity contribution in [2.75, 3.05) is 7.11 Å². The molecule has 0 amide bonds. The van der Waals surface area contributed by atoms with Crippen LogP contribution in [0.2, 0.25) is 5.02 Å². The Morgan fingerprint density at radius 3 is 2.62 bits per heavy atom. The molecule has 0 atom stereocenters. The highest BCUT2D eigenvalue weighted by atomic mass is 35.5. The van der Waals surface area contributed by atoms with E-state index in [0.29, 0.717) is 32.4 Å². The highest BCUT2D eigenvalue weighted by molar-refractivity contribution is 7.98. The molecule has 5 rings (SSSR count). The van der Waals surface area contributed by atoms with E-state index in [1.165, 1.54) is 27.5 Å².